The van der Waals surface area contributed by atoms with Crippen LogP contribution >= 0.6 is 0 Å². The van der Waals surface area contributed by atoms with Gasteiger partial charge in [0.25, 0.3) is 0 Å². The lowest BCUT2D eigenvalue weighted by Crippen LogP contribution is -2.34. The Hall–Kier alpha value is -3.74. The third-order valence-corrected chi connectivity index (χ3v) is 6.50. The van der Waals surface area contributed by atoms with Crippen molar-refractivity contribution in [2.24, 2.45) is 5.92 Å². The molecule has 0 spiro atoms. The minimum absolute atomic E-state index is 0.111. The Bertz CT molecular complexity index is 1270. The van der Waals surface area contributed by atoms with Gasteiger partial charge in [0.1, 0.15) is 5.65 Å². The average molecular weight is 441 g/mol. The summed E-state index contributed by atoms with van der Waals surface area (Å²) in [4.78, 5) is 25.9. The Kier molecular flexibility index (Phi) is 5.77. The highest BCUT2D eigenvalue weighted by molar-refractivity contribution is 5.78. The summed E-state index contributed by atoms with van der Waals surface area (Å²) >= 11 is 0. The summed E-state index contributed by atoms with van der Waals surface area (Å²) in [6.45, 7) is 2.02. The molecule has 168 valence electrons. The molecule has 7 heteroatoms. The highest BCUT2D eigenvalue weighted by atomic mass is 16.1. The molecule has 1 fully saturated rings. The largest absolute Gasteiger partial charge is 0.359 e. The Balaban J connectivity index is 1.41. The van der Waals surface area contributed by atoms with Crippen LogP contribution < -0.4 is 10.6 Å². The van der Waals surface area contributed by atoms with Crippen LogP contribution in [0.25, 0.3) is 28.2 Å². The van der Waals surface area contributed by atoms with E-state index in [4.69, 9.17) is 4.98 Å². The van der Waals surface area contributed by atoms with E-state index in [1.807, 2.05) is 43.6 Å². The molecule has 0 unspecified atom stereocenters. The van der Waals surface area contributed by atoms with Gasteiger partial charge in [-0.05, 0) is 61.4 Å². The van der Waals surface area contributed by atoms with Crippen molar-refractivity contribution >= 4 is 17.5 Å². The number of aryl methyl sites for hydroxylation is 1. The second-order valence-electron chi connectivity index (χ2n) is 8.69. The molecule has 4 aromatic rings. The third-order valence-electron chi connectivity index (χ3n) is 6.50. The van der Waals surface area contributed by atoms with Gasteiger partial charge in [0.15, 0.2) is 0 Å². The zero-order chi connectivity index (χ0) is 22.8. The molecule has 0 radical (unpaired) electrons. The number of nitrogens with one attached hydrogen (secondary N) is 2. The monoisotopic (exact) mass is 440 g/mol. The van der Waals surface area contributed by atoms with E-state index in [0.717, 1.165) is 59.4 Å². The second kappa shape index (κ2) is 9.02. The molecule has 3 aromatic heterocycles. The van der Waals surface area contributed by atoms with Crippen molar-refractivity contribution in [3.05, 3.63) is 66.6 Å². The minimum Gasteiger partial charge on any atom is -0.359 e. The van der Waals surface area contributed by atoms with E-state index in [0.29, 0.717) is 5.95 Å². The number of hydrogen-bond donors (Lipinski definition) is 2. The molecule has 5 rings (SSSR count). The average Bonchev–Trinajstić information content (AvgIpc) is 3.29. The zero-order valence-corrected chi connectivity index (χ0v) is 19.0. The number of pyridine rings is 1. The van der Waals surface area contributed by atoms with E-state index in [2.05, 4.69) is 49.4 Å². The summed E-state index contributed by atoms with van der Waals surface area (Å²) in [5, 5.41) is 6.25. The smallest absolute Gasteiger partial charge is 0.223 e. The first kappa shape index (κ1) is 21.1. The number of anilines is 1. The van der Waals surface area contributed by atoms with Gasteiger partial charge in [-0.2, -0.15) is 0 Å². The van der Waals surface area contributed by atoms with Gasteiger partial charge in [0, 0.05) is 31.4 Å². The molecular weight excluding hydrogens is 412 g/mol. The number of carbonyl (C=O) groups excluding carboxylic acids is 1. The quantitative estimate of drug-likeness (QED) is 0.478. The second-order valence-corrected chi connectivity index (χ2v) is 8.69. The lowest BCUT2D eigenvalue weighted by molar-refractivity contribution is -0.125. The topological polar surface area (TPSA) is 84.2 Å². The van der Waals surface area contributed by atoms with Crippen LogP contribution in [0.1, 0.15) is 31.2 Å². The molecule has 0 saturated heterocycles. The van der Waals surface area contributed by atoms with Gasteiger partial charge in [0.05, 0.1) is 17.6 Å². The molecule has 3 heterocycles. The number of carbonyl (C=O) groups is 1. The van der Waals surface area contributed by atoms with Crippen LogP contribution in [0, 0.1) is 12.8 Å². The van der Waals surface area contributed by atoms with Crippen molar-refractivity contribution in [1.29, 1.82) is 0 Å². The molecule has 33 heavy (non-hydrogen) atoms. The standard InChI is InChI=1S/C26H28N6O/c1-17-14-29-26(30-21-11-8-19(9-12-21)25(33)27-2)31-24(17)22-15-28-23-13-10-20(16-32(22)23)18-6-4-3-5-7-18/h3-7,10,13-16,19,21H,8-9,11-12H2,1-2H3,(H,27,33)(H,29,30,31). The highest BCUT2D eigenvalue weighted by Crippen LogP contribution is 2.29. The molecular formula is C26H28N6O. The van der Waals surface area contributed by atoms with Crippen molar-refractivity contribution in [2.75, 3.05) is 12.4 Å². The fourth-order valence-corrected chi connectivity index (χ4v) is 4.61. The number of hydrogen-bond acceptors (Lipinski definition) is 5. The molecule has 1 aliphatic rings. The van der Waals surface area contributed by atoms with Crippen molar-refractivity contribution in [1.82, 2.24) is 24.7 Å². The highest BCUT2D eigenvalue weighted by Gasteiger charge is 2.26. The molecule has 0 bridgehead atoms. The fraction of sp³-hybridized carbons (Fsp3) is 0.308. The van der Waals surface area contributed by atoms with Crippen LogP contribution in [0.4, 0.5) is 5.95 Å². The number of amides is 1. The third kappa shape index (κ3) is 4.31. The minimum atomic E-state index is 0.111. The van der Waals surface area contributed by atoms with Crippen molar-refractivity contribution < 1.29 is 4.79 Å². The Morgan fingerprint density at radius 3 is 2.52 bits per heavy atom. The molecule has 1 amide bonds. The van der Waals surface area contributed by atoms with Gasteiger partial charge in [-0.15, -0.1) is 0 Å². The van der Waals surface area contributed by atoms with Crippen molar-refractivity contribution in [3.63, 3.8) is 0 Å². The van der Waals surface area contributed by atoms with Gasteiger partial charge in [-0.25, -0.2) is 15.0 Å². The van der Waals surface area contributed by atoms with Crippen LogP contribution in [0.5, 0.6) is 0 Å². The van der Waals surface area contributed by atoms with Gasteiger partial charge in [-0.3, -0.25) is 9.20 Å². The molecule has 2 N–H and O–H groups in total. The van der Waals surface area contributed by atoms with Crippen LogP contribution in [0.3, 0.4) is 0 Å². The first-order valence-electron chi connectivity index (χ1n) is 11.5. The summed E-state index contributed by atoms with van der Waals surface area (Å²) < 4.78 is 2.09. The van der Waals surface area contributed by atoms with Gasteiger partial charge < -0.3 is 10.6 Å². The number of aromatic nitrogens is 4. The van der Waals surface area contributed by atoms with Crippen LogP contribution in [0.15, 0.2) is 61.1 Å². The maximum absolute atomic E-state index is 11.9. The van der Waals surface area contributed by atoms with E-state index < -0.39 is 0 Å². The predicted molar refractivity (Wildman–Crippen MR) is 130 cm³/mol. The van der Waals surface area contributed by atoms with Crippen LogP contribution in [-0.4, -0.2) is 38.3 Å². The van der Waals surface area contributed by atoms with Crippen molar-refractivity contribution in [2.45, 2.75) is 38.6 Å². The van der Waals surface area contributed by atoms with E-state index in [-0.39, 0.29) is 17.9 Å². The number of imidazole rings is 1. The van der Waals surface area contributed by atoms with Gasteiger partial charge in [0.2, 0.25) is 11.9 Å². The Morgan fingerprint density at radius 1 is 0.970 bits per heavy atom. The van der Waals surface area contributed by atoms with E-state index in [1.54, 1.807) is 7.05 Å². The summed E-state index contributed by atoms with van der Waals surface area (Å²) in [5.41, 5.74) is 5.97. The number of fused-ring (bicyclic) bond motifs is 1. The SMILES string of the molecule is CNC(=O)C1CCC(Nc2ncc(C)c(-c3cnc4ccc(-c5ccccc5)cn34)n2)CC1. The van der Waals surface area contributed by atoms with Gasteiger partial charge in [-0.1, -0.05) is 30.3 Å². The van der Waals surface area contributed by atoms with Crippen LogP contribution in [0.2, 0.25) is 0 Å². The first-order valence-corrected chi connectivity index (χ1v) is 11.5. The van der Waals surface area contributed by atoms with E-state index >= 15 is 0 Å². The molecule has 1 saturated carbocycles. The summed E-state index contributed by atoms with van der Waals surface area (Å²) in [5.74, 6) is 0.873. The van der Waals surface area contributed by atoms with E-state index in [9.17, 15) is 4.79 Å². The molecule has 1 aromatic carbocycles. The summed E-state index contributed by atoms with van der Waals surface area (Å²) in [6.07, 6.45) is 9.47. The summed E-state index contributed by atoms with van der Waals surface area (Å²) in [6, 6.07) is 14.7. The first-order chi connectivity index (χ1) is 16.1. The predicted octanol–water partition coefficient (Wildman–Crippen LogP) is 4.48. The lowest BCUT2D eigenvalue weighted by Gasteiger charge is -2.28. The maximum atomic E-state index is 11.9. The number of rotatable bonds is 5. The Morgan fingerprint density at radius 2 is 1.76 bits per heavy atom. The maximum Gasteiger partial charge on any atom is 0.223 e. The molecule has 0 atom stereocenters. The van der Waals surface area contributed by atoms with Crippen LogP contribution in [-0.2, 0) is 4.79 Å². The van der Waals surface area contributed by atoms with E-state index in [1.165, 1.54) is 0 Å². The number of nitrogens with zero attached hydrogens (tertiary/aromatic N) is 4. The normalized spacial score (nSPS) is 18.2. The van der Waals surface area contributed by atoms with Gasteiger partial charge >= 0.3 is 0 Å². The fourth-order valence-electron chi connectivity index (χ4n) is 4.61. The zero-order valence-electron chi connectivity index (χ0n) is 19.0. The van der Waals surface area contributed by atoms with Crippen molar-refractivity contribution in [3.8, 4) is 22.5 Å². The molecule has 1 aliphatic carbocycles. The lowest BCUT2D eigenvalue weighted by atomic mass is 9.85. The molecule has 0 aliphatic heterocycles. The summed E-state index contributed by atoms with van der Waals surface area (Å²) in [7, 11) is 1.71. The molecule has 7 nitrogen and oxygen atoms in total. The Labute approximate surface area is 193 Å². The number of benzene rings is 1.